The second-order valence-corrected chi connectivity index (χ2v) is 3.65. The van der Waals surface area contributed by atoms with Gasteiger partial charge < -0.3 is 5.11 Å². The molecule has 1 saturated heterocycles. The first-order chi connectivity index (χ1) is 6.71. The normalized spacial score (nSPS) is 17.7. The van der Waals surface area contributed by atoms with E-state index in [1.165, 1.54) is 13.8 Å². The molecule has 1 aliphatic heterocycles. The maximum absolute atomic E-state index is 11.4. The van der Waals surface area contributed by atoms with E-state index >= 15 is 0 Å². The molecule has 15 heavy (non-hydrogen) atoms. The molecule has 1 N–H and O–H groups in total. The van der Waals surface area contributed by atoms with Gasteiger partial charge in [0.25, 0.3) is 0 Å². The van der Waals surface area contributed by atoms with Crippen LogP contribution >= 0.6 is 0 Å². The van der Waals surface area contributed by atoms with E-state index in [0.29, 0.717) is 9.80 Å². The molecule has 4 amide bonds. The Bertz CT molecular complexity index is 373. The van der Waals surface area contributed by atoms with Crippen LogP contribution in [0.1, 0.15) is 13.8 Å². The number of carboxylic acids is 1. The van der Waals surface area contributed by atoms with Gasteiger partial charge in [-0.1, -0.05) is 0 Å². The highest BCUT2D eigenvalue weighted by Crippen LogP contribution is 2.22. The molecule has 7 nitrogen and oxygen atoms in total. The third kappa shape index (κ3) is 1.36. The summed E-state index contributed by atoms with van der Waals surface area (Å²) in [5.74, 6) is -3.49. The SMILES string of the molecule is CN1C(=O)C(=O)N(C(C)(C)C(=O)O)C1=O. The van der Waals surface area contributed by atoms with Gasteiger partial charge in [-0.2, -0.15) is 0 Å². The second-order valence-electron chi connectivity index (χ2n) is 3.65. The summed E-state index contributed by atoms with van der Waals surface area (Å²) in [6.45, 7) is 2.36. The van der Waals surface area contributed by atoms with Crippen LogP contribution in [0.25, 0.3) is 0 Å². The largest absolute Gasteiger partial charge is 0.480 e. The summed E-state index contributed by atoms with van der Waals surface area (Å²) in [6.07, 6.45) is 0. The van der Waals surface area contributed by atoms with Crippen molar-refractivity contribution in [3.8, 4) is 0 Å². The van der Waals surface area contributed by atoms with Crippen molar-refractivity contribution in [3.05, 3.63) is 0 Å². The lowest BCUT2D eigenvalue weighted by atomic mass is 10.0. The van der Waals surface area contributed by atoms with Gasteiger partial charge in [-0.3, -0.25) is 14.5 Å². The monoisotopic (exact) mass is 214 g/mol. The van der Waals surface area contributed by atoms with Crippen LogP contribution in [0.4, 0.5) is 4.79 Å². The van der Waals surface area contributed by atoms with Gasteiger partial charge in [-0.05, 0) is 13.8 Å². The first kappa shape index (κ1) is 11.2. The lowest BCUT2D eigenvalue weighted by Gasteiger charge is -2.27. The molecule has 1 fully saturated rings. The summed E-state index contributed by atoms with van der Waals surface area (Å²) in [5, 5.41) is 8.83. The summed E-state index contributed by atoms with van der Waals surface area (Å²) in [7, 11) is 1.13. The van der Waals surface area contributed by atoms with Gasteiger partial charge >= 0.3 is 23.8 Å². The smallest absolute Gasteiger partial charge is 0.334 e. The summed E-state index contributed by atoms with van der Waals surface area (Å²) in [4.78, 5) is 45.7. The van der Waals surface area contributed by atoms with Gasteiger partial charge in [-0.15, -0.1) is 0 Å². The Kier molecular flexibility index (Phi) is 2.26. The standard InChI is InChI=1S/C8H10N2O5/c1-8(2,6(13)14)10-5(12)4(11)9(3)7(10)15/h1-3H3,(H,13,14). The molecule has 0 bridgehead atoms. The number of likely N-dealkylation sites (N-methyl/N-ethyl adjacent to an activating group) is 1. The van der Waals surface area contributed by atoms with Gasteiger partial charge in [0.05, 0.1) is 0 Å². The van der Waals surface area contributed by atoms with Crippen molar-refractivity contribution in [1.82, 2.24) is 9.80 Å². The van der Waals surface area contributed by atoms with E-state index < -0.39 is 29.4 Å². The van der Waals surface area contributed by atoms with Gasteiger partial charge in [0.2, 0.25) is 0 Å². The zero-order valence-corrected chi connectivity index (χ0v) is 8.47. The van der Waals surface area contributed by atoms with Gasteiger partial charge in [-0.25, -0.2) is 14.5 Å². The Morgan fingerprint density at radius 3 is 1.93 bits per heavy atom. The number of imide groups is 2. The minimum Gasteiger partial charge on any atom is -0.480 e. The Hall–Kier alpha value is -1.92. The molecule has 0 saturated carbocycles. The number of rotatable bonds is 2. The molecule has 1 aliphatic rings. The third-order valence-electron chi connectivity index (χ3n) is 2.25. The lowest BCUT2D eigenvalue weighted by Crippen LogP contribution is -2.53. The van der Waals surface area contributed by atoms with E-state index in [-0.39, 0.29) is 0 Å². The molecule has 0 aromatic rings. The fourth-order valence-electron chi connectivity index (χ4n) is 1.15. The first-order valence-electron chi connectivity index (χ1n) is 4.11. The van der Waals surface area contributed by atoms with E-state index in [1.807, 2.05) is 0 Å². The van der Waals surface area contributed by atoms with Crippen LogP contribution in [0.3, 0.4) is 0 Å². The zero-order valence-electron chi connectivity index (χ0n) is 8.47. The molecular formula is C8H10N2O5. The fraction of sp³-hybridized carbons (Fsp3) is 0.500. The van der Waals surface area contributed by atoms with Crippen molar-refractivity contribution in [3.63, 3.8) is 0 Å². The van der Waals surface area contributed by atoms with E-state index in [2.05, 4.69) is 0 Å². The number of hydrogen-bond donors (Lipinski definition) is 1. The number of urea groups is 1. The molecule has 82 valence electrons. The molecular weight excluding hydrogens is 204 g/mol. The highest BCUT2D eigenvalue weighted by atomic mass is 16.4. The predicted octanol–water partition coefficient (Wildman–Crippen LogP) is -0.730. The maximum Gasteiger partial charge on any atom is 0.334 e. The van der Waals surface area contributed by atoms with E-state index in [1.54, 1.807) is 0 Å². The van der Waals surface area contributed by atoms with Gasteiger partial charge in [0.15, 0.2) is 0 Å². The molecule has 1 heterocycles. The molecule has 1 rings (SSSR count). The van der Waals surface area contributed by atoms with Crippen molar-refractivity contribution in [2.75, 3.05) is 7.05 Å². The first-order valence-corrected chi connectivity index (χ1v) is 4.11. The lowest BCUT2D eigenvalue weighted by molar-refractivity contribution is -0.154. The molecule has 0 aromatic heterocycles. The van der Waals surface area contributed by atoms with Crippen molar-refractivity contribution in [2.24, 2.45) is 0 Å². The van der Waals surface area contributed by atoms with Gasteiger partial charge in [0, 0.05) is 7.05 Å². The average Bonchev–Trinajstić information content (AvgIpc) is 2.31. The van der Waals surface area contributed by atoms with Crippen molar-refractivity contribution in [2.45, 2.75) is 19.4 Å². The fourth-order valence-corrected chi connectivity index (χ4v) is 1.15. The number of hydrogen-bond acceptors (Lipinski definition) is 4. The number of nitrogens with zero attached hydrogens (tertiary/aromatic N) is 2. The van der Waals surface area contributed by atoms with Crippen LogP contribution in [-0.4, -0.2) is 51.3 Å². The Labute approximate surface area is 85.2 Å². The molecule has 0 aromatic carbocycles. The summed E-state index contributed by atoms with van der Waals surface area (Å²) in [5.41, 5.74) is -1.73. The number of amides is 4. The van der Waals surface area contributed by atoms with Crippen molar-refractivity contribution >= 4 is 23.8 Å². The third-order valence-corrected chi connectivity index (χ3v) is 2.25. The van der Waals surface area contributed by atoms with E-state index in [4.69, 9.17) is 5.11 Å². The minimum absolute atomic E-state index is 0.442. The number of carboxylic acid groups (broad SMARTS) is 1. The Balaban J connectivity index is 3.18. The van der Waals surface area contributed by atoms with Crippen LogP contribution in [0.15, 0.2) is 0 Å². The molecule has 0 unspecified atom stereocenters. The van der Waals surface area contributed by atoms with Crippen LogP contribution in [0, 0.1) is 0 Å². The van der Waals surface area contributed by atoms with Gasteiger partial charge in [0.1, 0.15) is 5.54 Å². The van der Waals surface area contributed by atoms with Crippen molar-refractivity contribution in [1.29, 1.82) is 0 Å². The molecule has 0 radical (unpaired) electrons. The van der Waals surface area contributed by atoms with Crippen LogP contribution in [0.2, 0.25) is 0 Å². The summed E-state index contributed by atoms with van der Waals surface area (Å²) in [6, 6.07) is -0.919. The quantitative estimate of drug-likeness (QED) is 0.483. The summed E-state index contributed by atoms with van der Waals surface area (Å²) >= 11 is 0. The molecule has 0 spiro atoms. The topological polar surface area (TPSA) is 95.0 Å². The predicted molar refractivity (Wildman–Crippen MR) is 46.7 cm³/mol. The Morgan fingerprint density at radius 1 is 1.20 bits per heavy atom. The second kappa shape index (κ2) is 3.04. The molecule has 7 heteroatoms. The van der Waals surface area contributed by atoms with E-state index in [9.17, 15) is 19.2 Å². The number of carbonyl (C=O) groups excluding carboxylic acids is 3. The maximum atomic E-state index is 11.4. The Morgan fingerprint density at radius 2 is 1.67 bits per heavy atom. The molecule has 0 aliphatic carbocycles. The average molecular weight is 214 g/mol. The minimum atomic E-state index is -1.73. The van der Waals surface area contributed by atoms with Crippen LogP contribution < -0.4 is 0 Å². The highest BCUT2D eigenvalue weighted by Gasteiger charge is 2.52. The highest BCUT2D eigenvalue weighted by molar-refractivity contribution is 6.45. The number of aliphatic carboxylic acids is 1. The zero-order chi connectivity index (χ0) is 12.0. The van der Waals surface area contributed by atoms with Crippen LogP contribution in [-0.2, 0) is 14.4 Å². The van der Waals surface area contributed by atoms with E-state index in [0.717, 1.165) is 7.05 Å². The van der Waals surface area contributed by atoms with Crippen LogP contribution in [0.5, 0.6) is 0 Å². The summed E-state index contributed by atoms with van der Waals surface area (Å²) < 4.78 is 0. The number of carbonyl (C=O) groups is 4. The van der Waals surface area contributed by atoms with Crippen molar-refractivity contribution < 1.29 is 24.3 Å². The molecule has 0 atom stereocenters.